The fraction of sp³-hybridized carbons (Fsp3) is 0.294. The molecule has 3 rings (SSSR count). The van der Waals surface area contributed by atoms with Gasteiger partial charge in [0.25, 0.3) is 5.91 Å². The van der Waals surface area contributed by atoms with Gasteiger partial charge in [-0.2, -0.15) is 0 Å². The van der Waals surface area contributed by atoms with Crippen molar-refractivity contribution in [2.45, 2.75) is 13.3 Å². The van der Waals surface area contributed by atoms with E-state index in [9.17, 15) is 9.59 Å². The van der Waals surface area contributed by atoms with E-state index >= 15 is 0 Å². The van der Waals surface area contributed by atoms with Gasteiger partial charge in [-0.05, 0) is 35.2 Å². The molecule has 2 atom stereocenters. The number of carbonyl (C=O) groups is 2. The van der Waals surface area contributed by atoms with Gasteiger partial charge in [-0.3, -0.25) is 9.59 Å². The van der Waals surface area contributed by atoms with Gasteiger partial charge >= 0.3 is 5.97 Å². The molecule has 1 aliphatic carbocycles. The number of hydrogen-bond acceptors (Lipinski definition) is 3. The smallest absolute Gasteiger partial charge is 0.309 e. The van der Waals surface area contributed by atoms with E-state index in [0.717, 1.165) is 17.2 Å². The Morgan fingerprint density at radius 1 is 1.19 bits per heavy atom. The highest BCUT2D eigenvalue weighted by Gasteiger charge is 2.40. The quantitative estimate of drug-likeness (QED) is 0.878. The van der Waals surface area contributed by atoms with Gasteiger partial charge in [-0.15, -0.1) is 0 Å². The molecule has 4 nitrogen and oxygen atoms in total. The molecule has 0 aliphatic heterocycles. The second-order valence-electron chi connectivity index (χ2n) is 5.54. The third kappa shape index (κ3) is 3.21. The Kier molecular flexibility index (Phi) is 3.60. The lowest BCUT2D eigenvalue weighted by Crippen LogP contribution is -2.21. The Balaban J connectivity index is 1.57. The normalized spacial score (nSPS) is 20.0. The van der Waals surface area contributed by atoms with Crippen LogP contribution in [-0.2, 0) is 14.3 Å². The Labute approximate surface area is 123 Å². The topological polar surface area (TPSA) is 55.4 Å². The minimum absolute atomic E-state index is 0.0153. The minimum Gasteiger partial charge on any atom is -0.455 e. The average Bonchev–Trinajstić information content (AvgIpc) is 3.22. The molecule has 108 valence electrons. The van der Waals surface area contributed by atoms with Gasteiger partial charge in [0.05, 0.1) is 5.92 Å². The number of hydrogen-bond donors (Lipinski definition) is 1. The number of carbonyl (C=O) groups excluding carboxylic acids is 2. The highest BCUT2D eigenvalue weighted by atomic mass is 16.5. The molecule has 0 unspecified atom stereocenters. The molecule has 1 fully saturated rings. The van der Waals surface area contributed by atoms with Crippen molar-refractivity contribution in [2.24, 2.45) is 11.8 Å². The van der Waals surface area contributed by atoms with Crippen LogP contribution in [0.4, 0.5) is 5.69 Å². The zero-order chi connectivity index (χ0) is 14.8. The zero-order valence-corrected chi connectivity index (χ0v) is 11.8. The van der Waals surface area contributed by atoms with Crippen molar-refractivity contribution >= 4 is 28.3 Å². The van der Waals surface area contributed by atoms with E-state index in [1.54, 1.807) is 0 Å². The van der Waals surface area contributed by atoms with Gasteiger partial charge in [0.15, 0.2) is 6.61 Å². The maximum Gasteiger partial charge on any atom is 0.309 e. The first kappa shape index (κ1) is 13.6. The molecule has 2 aromatic rings. The monoisotopic (exact) mass is 283 g/mol. The molecule has 0 radical (unpaired) electrons. The van der Waals surface area contributed by atoms with E-state index in [1.165, 1.54) is 0 Å². The summed E-state index contributed by atoms with van der Waals surface area (Å²) in [5.74, 6) is -0.206. The molecule has 0 saturated heterocycles. The van der Waals surface area contributed by atoms with Crippen LogP contribution in [0.25, 0.3) is 10.8 Å². The lowest BCUT2D eigenvalue weighted by Gasteiger charge is -2.07. The minimum atomic E-state index is -0.313. The van der Waals surface area contributed by atoms with Gasteiger partial charge < -0.3 is 10.1 Å². The summed E-state index contributed by atoms with van der Waals surface area (Å²) in [6.45, 7) is 1.77. The molecule has 0 bridgehead atoms. The summed E-state index contributed by atoms with van der Waals surface area (Å²) in [6.07, 6.45) is 0.866. The van der Waals surface area contributed by atoms with Crippen LogP contribution in [0.1, 0.15) is 13.3 Å². The predicted molar refractivity (Wildman–Crippen MR) is 80.8 cm³/mol. The molecule has 1 amide bonds. The van der Waals surface area contributed by atoms with Crippen LogP contribution in [0.3, 0.4) is 0 Å². The van der Waals surface area contributed by atoms with Gasteiger partial charge in [0.2, 0.25) is 0 Å². The summed E-state index contributed by atoms with van der Waals surface area (Å²) in [7, 11) is 0. The van der Waals surface area contributed by atoms with Crippen LogP contribution in [0, 0.1) is 11.8 Å². The summed E-state index contributed by atoms with van der Waals surface area (Å²) >= 11 is 0. The van der Waals surface area contributed by atoms with Crippen LogP contribution in [0.15, 0.2) is 42.5 Å². The van der Waals surface area contributed by atoms with E-state index in [1.807, 2.05) is 49.4 Å². The van der Waals surface area contributed by atoms with Gasteiger partial charge in [-0.1, -0.05) is 37.3 Å². The molecule has 1 saturated carbocycles. The third-order valence-corrected chi connectivity index (χ3v) is 3.79. The Bertz CT molecular complexity index is 695. The number of anilines is 1. The second kappa shape index (κ2) is 5.56. The summed E-state index contributed by atoms with van der Waals surface area (Å²) in [4.78, 5) is 23.3. The van der Waals surface area contributed by atoms with Gasteiger partial charge in [0.1, 0.15) is 0 Å². The molecule has 21 heavy (non-hydrogen) atoms. The number of rotatable bonds is 4. The lowest BCUT2D eigenvalue weighted by molar-refractivity contribution is -0.148. The molecule has 0 aromatic heterocycles. The fourth-order valence-electron chi connectivity index (χ4n) is 2.36. The van der Waals surface area contributed by atoms with Crippen molar-refractivity contribution in [3.05, 3.63) is 42.5 Å². The van der Waals surface area contributed by atoms with Crippen molar-refractivity contribution in [3.8, 4) is 0 Å². The van der Waals surface area contributed by atoms with Crippen LogP contribution < -0.4 is 5.32 Å². The highest BCUT2D eigenvalue weighted by molar-refractivity contribution is 5.95. The second-order valence-corrected chi connectivity index (χ2v) is 5.54. The highest BCUT2D eigenvalue weighted by Crippen LogP contribution is 2.38. The van der Waals surface area contributed by atoms with Gasteiger partial charge in [-0.25, -0.2) is 0 Å². The Morgan fingerprint density at radius 2 is 1.90 bits per heavy atom. The summed E-state index contributed by atoms with van der Waals surface area (Å²) in [6, 6.07) is 13.6. The van der Waals surface area contributed by atoms with Crippen molar-refractivity contribution in [1.82, 2.24) is 0 Å². The first-order valence-corrected chi connectivity index (χ1v) is 7.09. The Morgan fingerprint density at radius 3 is 2.62 bits per heavy atom. The summed E-state index contributed by atoms with van der Waals surface area (Å²) in [5.41, 5.74) is 0.703. The first-order valence-electron chi connectivity index (χ1n) is 7.09. The van der Waals surface area contributed by atoms with E-state index in [0.29, 0.717) is 11.6 Å². The summed E-state index contributed by atoms with van der Waals surface area (Å²) < 4.78 is 5.01. The number of nitrogens with one attached hydrogen (secondary N) is 1. The SMILES string of the molecule is C[C@@H]1C[C@@H]1C(=O)OCC(=O)Nc1ccc2ccccc2c1. The average molecular weight is 283 g/mol. The molecular formula is C17H17NO3. The van der Waals surface area contributed by atoms with Crippen LogP contribution >= 0.6 is 0 Å². The fourth-order valence-corrected chi connectivity index (χ4v) is 2.36. The molecule has 4 heteroatoms. The molecule has 0 spiro atoms. The number of ether oxygens (including phenoxy) is 1. The van der Waals surface area contributed by atoms with Crippen molar-refractivity contribution in [3.63, 3.8) is 0 Å². The van der Waals surface area contributed by atoms with E-state index in [2.05, 4.69) is 5.32 Å². The molecular weight excluding hydrogens is 266 g/mol. The third-order valence-electron chi connectivity index (χ3n) is 3.79. The lowest BCUT2D eigenvalue weighted by atomic mass is 10.1. The standard InChI is InChI=1S/C17H17NO3/c1-11-8-15(11)17(20)21-10-16(19)18-14-7-6-12-4-2-3-5-13(12)9-14/h2-7,9,11,15H,8,10H2,1H3,(H,18,19)/t11-,15+/m1/s1. The zero-order valence-electron chi connectivity index (χ0n) is 11.8. The van der Waals surface area contributed by atoms with Crippen LogP contribution in [0.5, 0.6) is 0 Å². The molecule has 1 N–H and O–H groups in total. The van der Waals surface area contributed by atoms with E-state index < -0.39 is 0 Å². The number of benzene rings is 2. The van der Waals surface area contributed by atoms with Crippen molar-refractivity contribution < 1.29 is 14.3 Å². The van der Waals surface area contributed by atoms with Crippen LogP contribution in [-0.4, -0.2) is 18.5 Å². The maximum atomic E-state index is 11.8. The van der Waals surface area contributed by atoms with Crippen LogP contribution in [0.2, 0.25) is 0 Å². The van der Waals surface area contributed by atoms with Crippen molar-refractivity contribution in [1.29, 1.82) is 0 Å². The molecule has 2 aromatic carbocycles. The number of fused-ring (bicyclic) bond motifs is 1. The first-order chi connectivity index (χ1) is 10.1. The Hall–Kier alpha value is -2.36. The summed E-state index contributed by atoms with van der Waals surface area (Å²) in [5, 5.41) is 4.91. The number of esters is 1. The van der Waals surface area contributed by atoms with Crippen molar-refractivity contribution in [2.75, 3.05) is 11.9 Å². The van der Waals surface area contributed by atoms with E-state index in [4.69, 9.17) is 4.74 Å². The van der Waals surface area contributed by atoms with E-state index in [-0.39, 0.29) is 24.4 Å². The maximum absolute atomic E-state index is 11.8. The predicted octanol–water partition coefficient (Wildman–Crippen LogP) is 2.98. The van der Waals surface area contributed by atoms with Gasteiger partial charge in [0, 0.05) is 5.69 Å². The molecule has 0 heterocycles. The molecule has 1 aliphatic rings. The number of amides is 1. The largest absolute Gasteiger partial charge is 0.455 e.